The zero-order chi connectivity index (χ0) is 9.97. The second kappa shape index (κ2) is 3.67. The van der Waals surface area contributed by atoms with Crippen LogP contribution in [0.4, 0.5) is 0 Å². The minimum Gasteiger partial charge on any atom is -0.267 e. The van der Waals surface area contributed by atoms with Crippen LogP contribution in [0.1, 0.15) is 5.56 Å². The number of rotatable bonds is 1. The first-order valence-electron chi connectivity index (χ1n) is 4.24. The molecule has 0 amide bonds. The van der Waals surface area contributed by atoms with Gasteiger partial charge in [-0.15, -0.1) is 0 Å². The summed E-state index contributed by atoms with van der Waals surface area (Å²) in [5, 5.41) is 6.90. The van der Waals surface area contributed by atoms with Crippen LogP contribution in [-0.2, 0) is 0 Å². The Bertz CT molecular complexity index is 484. The largest absolute Gasteiger partial charge is 0.267 e. The van der Waals surface area contributed by atoms with Gasteiger partial charge in [-0.05, 0) is 30.7 Å². The Balaban J connectivity index is 2.55. The fourth-order valence-electron chi connectivity index (χ4n) is 1.23. The zero-order valence-electron chi connectivity index (χ0n) is 7.69. The number of pyridine rings is 1. The minimum absolute atomic E-state index is 0.635. The Kier molecular flexibility index (Phi) is 2.37. The number of nitrogens with one attached hydrogen (secondary N) is 1. The van der Waals surface area contributed by atoms with Crippen molar-refractivity contribution in [3.8, 4) is 11.3 Å². The summed E-state index contributed by atoms with van der Waals surface area (Å²) in [5.74, 6) is 0. The summed E-state index contributed by atoms with van der Waals surface area (Å²) in [6.07, 6.45) is 3.57. The van der Waals surface area contributed by atoms with Crippen LogP contribution in [-0.4, -0.2) is 15.2 Å². The van der Waals surface area contributed by atoms with Gasteiger partial charge < -0.3 is 0 Å². The lowest BCUT2D eigenvalue weighted by Crippen LogP contribution is -1.90. The van der Waals surface area contributed by atoms with E-state index >= 15 is 0 Å². The second-order valence-electron chi connectivity index (χ2n) is 3.00. The van der Waals surface area contributed by atoms with Gasteiger partial charge >= 0.3 is 0 Å². The molecular weight excluding hydrogens is 194 g/mol. The van der Waals surface area contributed by atoms with Crippen LogP contribution in [0.25, 0.3) is 11.3 Å². The number of hydrogen-bond acceptors (Lipinski definition) is 3. The van der Waals surface area contributed by atoms with Crippen molar-refractivity contribution in [3.63, 3.8) is 0 Å². The van der Waals surface area contributed by atoms with Crippen molar-refractivity contribution >= 4 is 12.2 Å². The molecule has 0 fully saturated rings. The van der Waals surface area contributed by atoms with Crippen molar-refractivity contribution in [2.75, 3.05) is 0 Å². The Labute approximate surface area is 86.8 Å². The fraction of sp³-hybridized carbons (Fsp3) is 0.100. The summed E-state index contributed by atoms with van der Waals surface area (Å²) in [4.78, 5) is 4.06. The third-order valence-electron chi connectivity index (χ3n) is 1.99. The molecule has 0 bridgehead atoms. The number of aromatic amines is 1. The van der Waals surface area contributed by atoms with E-state index in [0.29, 0.717) is 4.64 Å². The molecule has 0 saturated carbocycles. The molecule has 0 aliphatic rings. The molecular formula is C10H9N3S. The summed E-state index contributed by atoms with van der Waals surface area (Å²) in [6, 6.07) is 5.67. The molecule has 0 radical (unpaired) electrons. The standard InChI is InChI=1S/C10H9N3S/c1-7-4-5-11-6-8(7)9-2-3-10(14)13-12-9/h2-6H,1H3,(H,13,14). The third kappa shape index (κ3) is 1.70. The van der Waals surface area contributed by atoms with E-state index in [9.17, 15) is 0 Å². The predicted octanol–water partition coefficient (Wildman–Crippen LogP) is 2.51. The topological polar surface area (TPSA) is 41.6 Å². The smallest absolute Gasteiger partial charge is 0.119 e. The van der Waals surface area contributed by atoms with Crippen LogP contribution >= 0.6 is 12.2 Å². The third-order valence-corrected chi connectivity index (χ3v) is 2.22. The molecule has 0 aliphatic heterocycles. The van der Waals surface area contributed by atoms with Crippen LogP contribution in [0.15, 0.2) is 30.6 Å². The maximum absolute atomic E-state index is 4.92. The van der Waals surface area contributed by atoms with E-state index in [-0.39, 0.29) is 0 Å². The highest BCUT2D eigenvalue weighted by Gasteiger charge is 2.01. The first-order chi connectivity index (χ1) is 6.77. The van der Waals surface area contributed by atoms with E-state index in [2.05, 4.69) is 15.2 Å². The molecule has 0 saturated heterocycles. The molecule has 2 aromatic rings. The normalized spacial score (nSPS) is 10.1. The van der Waals surface area contributed by atoms with Gasteiger partial charge in [-0.1, -0.05) is 12.2 Å². The van der Waals surface area contributed by atoms with E-state index in [4.69, 9.17) is 12.2 Å². The predicted molar refractivity (Wildman–Crippen MR) is 57.4 cm³/mol. The van der Waals surface area contributed by atoms with Crippen molar-refractivity contribution in [2.24, 2.45) is 0 Å². The van der Waals surface area contributed by atoms with Crippen LogP contribution in [0, 0.1) is 11.6 Å². The fourth-order valence-corrected chi connectivity index (χ4v) is 1.34. The summed E-state index contributed by atoms with van der Waals surface area (Å²) in [5.41, 5.74) is 3.04. The molecule has 14 heavy (non-hydrogen) atoms. The van der Waals surface area contributed by atoms with Gasteiger partial charge in [-0.25, -0.2) is 0 Å². The Morgan fingerprint density at radius 2 is 2.14 bits per heavy atom. The molecule has 4 heteroatoms. The Morgan fingerprint density at radius 3 is 2.79 bits per heavy atom. The Morgan fingerprint density at radius 1 is 1.29 bits per heavy atom. The first-order valence-corrected chi connectivity index (χ1v) is 4.65. The molecule has 0 unspecified atom stereocenters. The highest BCUT2D eigenvalue weighted by atomic mass is 32.1. The summed E-state index contributed by atoms with van der Waals surface area (Å²) < 4.78 is 0.635. The van der Waals surface area contributed by atoms with Crippen LogP contribution in [0.2, 0.25) is 0 Å². The van der Waals surface area contributed by atoms with Gasteiger partial charge in [-0.2, -0.15) is 5.10 Å². The monoisotopic (exact) mass is 203 g/mol. The summed E-state index contributed by atoms with van der Waals surface area (Å²) >= 11 is 4.92. The molecule has 0 aliphatic carbocycles. The quantitative estimate of drug-likeness (QED) is 0.724. The van der Waals surface area contributed by atoms with Gasteiger partial charge in [0, 0.05) is 18.0 Å². The Hall–Kier alpha value is -1.55. The number of hydrogen-bond donors (Lipinski definition) is 1. The number of nitrogens with zero attached hydrogens (tertiary/aromatic N) is 2. The maximum Gasteiger partial charge on any atom is 0.119 e. The highest BCUT2D eigenvalue weighted by Crippen LogP contribution is 2.18. The zero-order valence-corrected chi connectivity index (χ0v) is 8.51. The molecule has 70 valence electrons. The van der Waals surface area contributed by atoms with E-state index in [1.165, 1.54) is 0 Å². The lowest BCUT2D eigenvalue weighted by Gasteiger charge is -2.02. The molecule has 0 aromatic carbocycles. The van der Waals surface area contributed by atoms with Crippen LogP contribution in [0.5, 0.6) is 0 Å². The van der Waals surface area contributed by atoms with E-state index in [1.54, 1.807) is 12.4 Å². The average molecular weight is 203 g/mol. The van der Waals surface area contributed by atoms with Gasteiger partial charge in [0.2, 0.25) is 0 Å². The van der Waals surface area contributed by atoms with Gasteiger partial charge in [-0.3, -0.25) is 10.1 Å². The highest BCUT2D eigenvalue weighted by molar-refractivity contribution is 7.71. The van der Waals surface area contributed by atoms with E-state index in [1.807, 2.05) is 25.1 Å². The van der Waals surface area contributed by atoms with Gasteiger partial charge in [0.05, 0.1) is 5.69 Å². The van der Waals surface area contributed by atoms with Crippen molar-refractivity contribution in [3.05, 3.63) is 40.8 Å². The minimum atomic E-state index is 0.635. The van der Waals surface area contributed by atoms with E-state index < -0.39 is 0 Å². The van der Waals surface area contributed by atoms with Gasteiger partial charge in [0.1, 0.15) is 4.64 Å². The molecule has 0 spiro atoms. The molecule has 0 atom stereocenters. The van der Waals surface area contributed by atoms with Crippen molar-refractivity contribution in [1.29, 1.82) is 0 Å². The second-order valence-corrected chi connectivity index (χ2v) is 3.44. The van der Waals surface area contributed by atoms with Crippen LogP contribution < -0.4 is 0 Å². The SMILES string of the molecule is Cc1ccncc1-c1ccc(=S)[nH]n1. The van der Waals surface area contributed by atoms with E-state index in [0.717, 1.165) is 16.8 Å². The molecule has 1 N–H and O–H groups in total. The average Bonchev–Trinajstić information content (AvgIpc) is 2.20. The molecule has 2 aromatic heterocycles. The van der Waals surface area contributed by atoms with Gasteiger partial charge in [0.15, 0.2) is 0 Å². The number of aromatic nitrogens is 3. The molecule has 3 nitrogen and oxygen atoms in total. The molecule has 2 rings (SSSR count). The van der Waals surface area contributed by atoms with Crippen LogP contribution in [0.3, 0.4) is 0 Å². The van der Waals surface area contributed by atoms with Crippen molar-refractivity contribution < 1.29 is 0 Å². The maximum atomic E-state index is 4.92. The van der Waals surface area contributed by atoms with Gasteiger partial charge in [0.25, 0.3) is 0 Å². The number of H-pyrrole nitrogens is 1. The first kappa shape index (κ1) is 9.02. The number of aryl methyl sites for hydroxylation is 1. The lowest BCUT2D eigenvalue weighted by atomic mass is 10.1. The van der Waals surface area contributed by atoms with Crippen molar-refractivity contribution in [1.82, 2.24) is 15.2 Å². The molecule has 2 heterocycles. The summed E-state index contributed by atoms with van der Waals surface area (Å²) in [6.45, 7) is 2.03. The lowest BCUT2D eigenvalue weighted by molar-refractivity contribution is 1.02. The van der Waals surface area contributed by atoms with Crippen molar-refractivity contribution in [2.45, 2.75) is 6.92 Å². The summed E-state index contributed by atoms with van der Waals surface area (Å²) in [7, 11) is 0.